The van der Waals surface area contributed by atoms with E-state index in [-0.39, 0.29) is 28.9 Å². The van der Waals surface area contributed by atoms with E-state index in [0.29, 0.717) is 6.04 Å². The number of ether oxygens (including phenoxy) is 1. The SMILES string of the molecule is CC[C@@H]1CC[C@H](C(=O)OC(C(C)(C)C)C(C)(C)C)N1. The molecule has 0 amide bonds. The highest BCUT2D eigenvalue weighted by Crippen LogP contribution is 2.36. The molecule has 0 bridgehead atoms. The van der Waals surface area contributed by atoms with Crippen LogP contribution in [0.3, 0.4) is 0 Å². The van der Waals surface area contributed by atoms with Crippen LogP contribution in [0.5, 0.6) is 0 Å². The van der Waals surface area contributed by atoms with E-state index in [1.54, 1.807) is 0 Å². The van der Waals surface area contributed by atoms with E-state index in [9.17, 15) is 4.79 Å². The second-order valence-corrected chi connectivity index (χ2v) is 7.95. The zero-order valence-electron chi connectivity index (χ0n) is 13.7. The molecule has 3 heteroatoms. The number of nitrogens with one attached hydrogen (secondary N) is 1. The average Bonchev–Trinajstić information content (AvgIpc) is 2.70. The van der Waals surface area contributed by atoms with Crippen LogP contribution in [0.1, 0.15) is 67.7 Å². The Hall–Kier alpha value is -0.570. The van der Waals surface area contributed by atoms with Crippen LogP contribution in [0, 0.1) is 10.8 Å². The summed E-state index contributed by atoms with van der Waals surface area (Å²) >= 11 is 0. The monoisotopic (exact) mass is 269 g/mol. The average molecular weight is 269 g/mol. The summed E-state index contributed by atoms with van der Waals surface area (Å²) < 4.78 is 5.85. The highest BCUT2D eigenvalue weighted by atomic mass is 16.5. The number of carbonyl (C=O) groups is 1. The first-order valence-electron chi connectivity index (χ1n) is 7.52. The minimum atomic E-state index is -0.114. The maximum atomic E-state index is 12.3. The van der Waals surface area contributed by atoms with Crippen molar-refractivity contribution in [3.05, 3.63) is 0 Å². The Kier molecular flexibility index (Phi) is 5.05. The van der Waals surface area contributed by atoms with E-state index in [4.69, 9.17) is 4.74 Å². The standard InChI is InChI=1S/C16H31NO2/c1-8-11-9-10-12(17-11)13(18)19-14(15(2,3)4)16(5,6)7/h11-12,14,17H,8-10H2,1-7H3/t11-,12-/m1/s1. The summed E-state index contributed by atoms with van der Waals surface area (Å²) in [6.45, 7) is 14.9. The molecule has 3 nitrogen and oxygen atoms in total. The Morgan fingerprint density at radius 2 is 1.68 bits per heavy atom. The molecule has 0 aromatic heterocycles. The molecule has 1 rings (SSSR count). The summed E-state index contributed by atoms with van der Waals surface area (Å²) in [5.41, 5.74) is -0.0899. The maximum absolute atomic E-state index is 12.3. The fourth-order valence-electron chi connectivity index (χ4n) is 3.18. The van der Waals surface area contributed by atoms with E-state index in [2.05, 4.69) is 53.8 Å². The summed E-state index contributed by atoms with van der Waals surface area (Å²) in [5, 5.41) is 3.37. The topological polar surface area (TPSA) is 38.3 Å². The maximum Gasteiger partial charge on any atom is 0.323 e. The van der Waals surface area contributed by atoms with Crippen LogP contribution in [0.25, 0.3) is 0 Å². The molecule has 1 saturated heterocycles. The summed E-state index contributed by atoms with van der Waals surface area (Å²) in [6, 6.07) is 0.359. The predicted octanol–water partition coefficient (Wildman–Crippen LogP) is 3.52. The molecule has 0 aromatic rings. The van der Waals surface area contributed by atoms with Gasteiger partial charge in [0.2, 0.25) is 0 Å². The summed E-state index contributed by atoms with van der Waals surface area (Å²) in [6.07, 6.45) is 2.98. The van der Waals surface area contributed by atoms with Gasteiger partial charge < -0.3 is 10.1 Å². The molecule has 19 heavy (non-hydrogen) atoms. The van der Waals surface area contributed by atoms with Crippen LogP contribution in [0.15, 0.2) is 0 Å². The second kappa shape index (κ2) is 5.82. The number of hydrogen-bond acceptors (Lipinski definition) is 3. The van der Waals surface area contributed by atoms with Gasteiger partial charge in [0.05, 0.1) is 0 Å². The Morgan fingerprint density at radius 3 is 2.05 bits per heavy atom. The zero-order valence-corrected chi connectivity index (χ0v) is 13.7. The molecule has 1 heterocycles. The first-order valence-corrected chi connectivity index (χ1v) is 7.52. The van der Waals surface area contributed by atoms with Gasteiger partial charge >= 0.3 is 5.97 Å². The molecule has 2 atom stereocenters. The Labute approximate surface area is 118 Å². The molecule has 1 fully saturated rings. The van der Waals surface area contributed by atoms with Gasteiger partial charge in [0.1, 0.15) is 12.1 Å². The van der Waals surface area contributed by atoms with Crippen molar-refractivity contribution in [3.63, 3.8) is 0 Å². The molecular formula is C16H31NO2. The van der Waals surface area contributed by atoms with Crippen LogP contribution < -0.4 is 5.32 Å². The van der Waals surface area contributed by atoms with Crippen molar-refractivity contribution in [2.75, 3.05) is 0 Å². The largest absolute Gasteiger partial charge is 0.460 e. The van der Waals surface area contributed by atoms with Gasteiger partial charge in [0, 0.05) is 6.04 Å². The Balaban J connectivity index is 2.68. The minimum Gasteiger partial charge on any atom is -0.460 e. The molecule has 0 aliphatic carbocycles. The van der Waals surface area contributed by atoms with Gasteiger partial charge in [-0.05, 0) is 30.1 Å². The summed E-state index contributed by atoms with van der Waals surface area (Å²) in [7, 11) is 0. The molecule has 0 radical (unpaired) electrons. The second-order valence-electron chi connectivity index (χ2n) is 7.95. The molecule has 0 unspecified atom stereocenters. The third-order valence-corrected chi connectivity index (χ3v) is 3.83. The van der Waals surface area contributed by atoms with E-state index in [1.165, 1.54) is 0 Å². The van der Waals surface area contributed by atoms with Crippen molar-refractivity contribution in [3.8, 4) is 0 Å². The third kappa shape index (κ3) is 4.48. The lowest BCUT2D eigenvalue weighted by Gasteiger charge is -2.40. The fourth-order valence-corrected chi connectivity index (χ4v) is 3.18. The third-order valence-electron chi connectivity index (χ3n) is 3.83. The summed E-state index contributed by atoms with van der Waals surface area (Å²) in [4.78, 5) is 12.3. The van der Waals surface area contributed by atoms with E-state index in [1.807, 2.05) is 0 Å². The molecular weight excluding hydrogens is 238 g/mol. The van der Waals surface area contributed by atoms with Gasteiger partial charge in [-0.3, -0.25) is 4.79 Å². The molecule has 112 valence electrons. The number of carbonyl (C=O) groups excluding carboxylic acids is 1. The normalized spacial score (nSPS) is 24.8. The molecule has 0 saturated carbocycles. The first kappa shape index (κ1) is 16.5. The lowest BCUT2D eigenvalue weighted by atomic mass is 9.74. The smallest absolute Gasteiger partial charge is 0.323 e. The summed E-state index contributed by atoms with van der Waals surface area (Å²) in [5.74, 6) is -0.0780. The van der Waals surface area contributed by atoms with Gasteiger partial charge in [-0.15, -0.1) is 0 Å². The van der Waals surface area contributed by atoms with Gasteiger partial charge in [-0.25, -0.2) is 0 Å². The quantitative estimate of drug-likeness (QED) is 0.797. The van der Waals surface area contributed by atoms with Crippen molar-refractivity contribution in [1.82, 2.24) is 5.32 Å². The number of hydrogen-bond donors (Lipinski definition) is 1. The van der Waals surface area contributed by atoms with Crippen LogP contribution in [0.4, 0.5) is 0 Å². The Bertz CT molecular complexity index is 298. The van der Waals surface area contributed by atoms with Crippen molar-refractivity contribution in [2.24, 2.45) is 10.8 Å². The highest BCUT2D eigenvalue weighted by molar-refractivity contribution is 5.76. The highest BCUT2D eigenvalue weighted by Gasteiger charge is 2.40. The van der Waals surface area contributed by atoms with Gasteiger partial charge in [0.15, 0.2) is 0 Å². The number of esters is 1. The minimum absolute atomic E-state index is 0.0450. The van der Waals surface area contributed by atoms with Crippen LogP contribution in [0.2, 0.25) is 0 Å². The van der Waals surface area contributed by atoms with Crippen LogP contribution in [-0.4, -0.2) is 24.2 Å². The molecule has 1 aliphatic rings. The predicted molar refractivity (Wildman–Crippen MR) is 79.0 cm³/mol. The van der Waals surface area contributed by atoms with E-state index < -0.39 is 0 Å². The van der Waals surface area contributed by atoms with Crippen LogP contribution in [-0.2, 0) is 9.53 Å². The first-order chi connectivity index (χ1) is 8.55. The molecule has 0 aromatic carbocycles. The van der Waals surface area contributed by atoms with Crippen molar-refractivity contribution < 1.29 is 9.53 Å². The van der Waals surface area contributed by atoms with Crippen molar-refractivity contribution in [1.29, 1.82) is 0 Å². The fraction of sp³-hybridized carbons (Fsp3) is 0.938. The Morgan fingerprint density at radius 1 is 1.16 bits per heavy atom. The zero-order chi connectivity index (χ0) is 14.8. The lowest BCUT2D eigenvalue weighted by Crippen LogP contribution is -2.46. The van der Waals surface area contributed by atoms with Gasteiger partial charge in [-0.2, -0.15) is 0 Å². The molecule has 0 spiro atoms. The van der Waals surface area contributed by atoms with Gasteiger partial charge in [-0.1, -0.05) is 48.5 Å². The lowest BCUT2D eigenvalue weighted by molar-refractivity contribution is -0.166. The van der Waals surface area contributed by atoms with Crippen molar-refractivity contribution in [2.45, 2.75) is 85.9 Å². The molecule has 1 N–H and O–H groups in total. The van der Waals surface area contributed by atoms with Crippen molar-refractivity contribution >= 4 is 5.97 Å². The molecule has 1 aliphatic heterocycles. The van der Waals surface area contributed by atoms with E-state index >= 15 is 0 Å². The van der Waals surface area contributed by atoms with Crippen LogP contribution >= 0.6 is 0 Å². The number of rotatable bonds is 3. The van der Waals surface area contributed by atoms with E-state index in [0.717, 1.165) is 19.3 Å². The van der Waals surface area contributed by atoms with Gasteiger partial charge in [0.25, 0.3) is 0 Å².